The molecule has 3 nitrogen and oxygen atoms in total. The summed E-state index contributed by atoms with van der Waals surface area (Å²) in [5.41, 5.74) is 0. The highest BCUT2D eigenvalue weighted by Gasteiger charge is 2.22. The van der Waals surface area contributed by atoms with E-state index in [1.54, 1.807) is 6.08 Å². The average molecular weight is 169 g/mol. The average Bonchev–Trinajstić information content (AvgIpc) is 2.56. The summed E-state index contributed by atoms with van der Waals surface area (Å²) in [6.07, 6.45) is 4.46. The van der Waals surface area contributed by atoms with Crippen LogP contribution in [-0.2, 0) is 9.53 Å². The van der Waals surface area contributed by atoms with Gasteiger partial charge in [-0.25, -0.2) is 0 Å². The van der Waals surface area contributed by atoms with Crippen LogP contribution in [0.15, 0.2) is 12.7 Å². The van der Waals surface area contributed by atoms with Gasteiger partial charge in [0.1, 0.15) is 6.04 Å². The van der Waals surface area contributed by atoms with Crippen LogP contribution >= 0.6 is 0 Å². The second-order valence-corrected chi connectivity index (χ2v) is 2.89. The number of rotatable bonds is 4. The maximum absolute atomic E-state index is 11.2. The molecule has 1 N–H and O–H groups in total. The molecule has 1 saturated heterocycles. The molecule has 0 aliphatic carbocycles. The minimum atomic E-state index is -0.116. The van der Waals surface area contributed by atoms with Gasteiger partial charge in [0.2, 0.25) is 0 Å². The Bertz CT molecular complexity index is 162. The first-order chi connectivity index (χ1) is 5.84. The predicted octanol–water partition coefficient (Wildman–Crippen LogP) is 0.858. The van der Waals surface area contributed by atoms with Gasteiger partial charge in [-0.2, -0.15) is 0 Å². The molecular weight excluding hydrogens is 154 g/mol. The van der Waals surface area contributed by atoms with Gasteiger partial charge in [0.05, 0.1) is 6.61 Å². The second kappa shape index (κ2) is 4.93. The van der Waals surface area contributed by atoms with Crippen molar-refractivity contribution in [1.29, 1.82) is 0 Å². The monoisotopic (exact) mass is 169 g/mol. The number of carbonyl (C=O) groups is 1. The molecule has 0 radical (unpaired) electrons. The third-order valence-corrected chi connectivity index (χ3v) is 1.91. The van der Waals surface area contributed by atoms with Gasteiger partial charge in [-0.3, -0.25) is 4.79 Å². The van der Waals surface area contributed by atoms with Crippen molar-refractivity contribution in [3.63, 3.8) is 0 Å². The Kier molecular flexibility index (Phi) is 3.80. The van der Waals surface area contributed by atoms with E-state index in [2.05, 4.69) is 11.9 Å². The molecule has 0 saturated carbocycles. The molecule has 3 heteroatoms. The first kappa shape index (κ1) is 9.26. The molecule has 0 unspecified atom stereocenters. The molecule has 0 aromatic heterocycles. The molecule has 68 valence electrons. The van der Waals surface area contributed by atoms with E-state index in [1.165, 1.54) is 0 Å². The van der Waals surface area contributed by atoms with Gasteiger partial charge in [-0.05, 0) is 25.8 Å². The molecule has 1 atom stereocenters. The zero-order valence-electron chi connectivity index (χ0n) is 7.21. The standard InChI is InChI=1S/C9H15NO2/c1-2-3-7-12-9(11)8-5-4-6-10-8/h2,8,10H,1,3-7H2/t8-/m0/s1. The van der Waals surface area contributed by atoms with E-state index >= 15 is 0 Å². The van der Waals surface area contributed by atoms with Crippen LogP contribution in [0.1, 0.15) is 19.3 Å². The Labute approximate surface area is 72.8 Å². The number of ether oxygens (including phenoxy) is 1. The van der Waals surface area contributed by atoms with Gasteiger partial charge >= 0.3 is 5.97 Å². The van der Waals surface area contributed by atoms with E-state index in [-0.39, 0.29) is 12.0 Å². The molecule has 1 rings (SSSR count). The van der Waals surface area contributed by atoms with Crippen molar-refractivity contribution in [2.75, 3.05) is 13.2 Å². The van der Waals surface area contributed by atoms with Crippen molar-refractivity contribution in [2.24, 2.45) is 0 Å². The lowest BCUT2D eigenvalue weighted by molar-refractivity contribution is -0.145. The molecule has 1 heterocycles. The molecular formula is C9H15NO2. The fourth-order valence-electron chi connectivity index (χ4n) is 1.23. The van der Waals surface area contributed by atoms with Gasteiger partial charge in [0.15, 0.2) is 0 Å². The maximum Gasteiger partial charge on any atom is 0.323 e. The highest BCUT2D eigenvalue weighted by Crippen LogP contribution is 2.06. The SMILES string of the molecule is C=CCCOC(=O)[C@@H]1CCCN1. The summed E-state index contributed by atoms with van der Waals surface area (Å²) in [5, 5.41) is 3.08. The minimum Gasteiger partial charge on any atom is -0.464 e. The zero-order valence-corrected chi connectivity index (χ0v) is 7.21. The van der Waals surface area contributed by atoms with E-state index in [4.69, 9.17) is 4.74 Å². The summed E-state index contributed by atoms with van der Waals surface area (Å²) in [6.45, 7) is 4.94. The molecule has 0 spiro atoms. The van der Waals surface area contributed by atoms with E-state index in [0.717, 1.165) is 25.8 Å². The number of hydrogen-bond donors (Lipinski definition) is 1. The molecule has 0 aromatic rings. The molecule has 0 aromatic carbocycles. The van der Waals surface area contributed by atoms with E-state index in [1.807, 2.05) is 0 Å². The number of hydrogen-bond acceptors (Lipinski definition) is 3. The lowest BCUT2D eigenvalue weighted by Gasteiger charge is -2.08. The van der Waals surface area contributed by atoms with Gasteiger partial charge < -0.3 is 10.1 Å². The third-order valence-electron chi connectivity index (χ3n) is 1.91. The summed E-state index contributed by atoms with van der Waals surface area (Å²) in [7, 11) is 0. The Morgan fingerprint density at radius 1 is 1.75 bits per heavy atom. The quantitative estimate of drug-likeness (QED) is 0.385. The van der Waals surface area contributed by atoms with Gasteiger partial charge in [-0.15, -0.1) is 6.58 Å². The van der Waals surface area contributed by atoms with Gasteiger partial charge in [0.25, 0.3) is 0 Å². The van der Waals surface area contributed by atoms with Crippen LogP contribution in [0.5, 0.6) is 0 Å². The fraction of sp³-hybridized carbons (Fsp3) is 0.667. The highest BCUT2D eigenvalue weighted by atomic mass is 16.5. The molecule has 1 aliphatic heterocycles. The van der Waals surface area contributed by atoms with Crippen LogP contribution in [0.25, 0.3) is 0 Å². The Morgan fingerprint density at radius 3 is 3.17 bits per heavy atom. The van der Waals surface area contributed by atoms with Crippen LogP contribution < -0.4 is 5.32 Å². The lowest BCUT2D eigenvalue weighted by Crippen LogP contribution is -2.32. The zero-order chi connectivity index (χ0) is 8.81. The minimum absolute atomic E-state index is 0.0604. The van der Waals surface area contributed by atoms with Crippen LogP contribution in [0.3, 0.4) is 0 Å². The Morgan fingerprint density at radius 2 is 2.58 bits per heavy atom. The summed E-state index contributed by atoms with van der Waals surface area (Å²) in [4.78, 5) is 11.2. The molecule has 0 bridgehead atoms. The van der Waals surface area contributed by atoms with E-state index in [9.17, 15) is 4.79 Å². The van der Waals surface area contributed by atoms with Crippen molar-refractivity contribution in [3.05, 3.63) is 12.7 Å². The number of nitrogens with one attached hydrogen (secondary N) is 1. The predicted molar refractivity (Wildman–Crippen MR) is 46.8 cm³/mol. The molecule has 1 fully saturated rings. The van der Waals surface area contributed by atoms with Gasteiger partial charge in [0, 0.05) is 0 Å². The largest absolute Gasteiger partial charge is 0.464 e. The molecule has 1 aliphatic rings. The van der Waals surface area contributed by atoms with Crippen LogP contribution in [-0.4, -0.2) is 25.2 Å². The smallest absolute Gasteiger partial charge is 0.323 e. The first-order valence-electron chi connectivity index (χ1n) is 4.35. The maximum atomic E-state index is 11.2. The lowest BCUT2D eigenvalue weighted by atomic mass is 10.2. The van der Waals surface area contributed by atoms with Crippen molar-refractivity contribution < 1.29 is 9.53 Å². The van der Waals surface area contributed by atoms with Crippen LogP contribution in [0, 0.1) is 0 Å². The normalized spacial score (nSPS) is 22.2. The topological polar surface area (TPSA) is 38.3 Å². The molecule has 0 amide bonds. The van der Waals surface area contributed by atoms with Crippen molar-refractivity contribution in [1.82, 2.24) is 5.32 Å². The van der Waals surface area contributed by atoms with Crippen molar-refractivity contribution in [3.8, 4) is 0 Å². The van der Waals surface area contributed by atoms with Crippen LogP contribution in [0.4, 0.5) is 0 Å². The van der Waals surface area contributed by atoms with Crippen molar-refractivity contribution in [2.45, 2.75) is 25.3 Å². The molecule has 12 heavy (non-hydrogen) atoms. The summed E-state index contributed by atoms with van der Waals surface area (Å²) in [5.74, 6) is -0.116. The number of carbonyl (C=O) groups excluding carboxylic acids is 1. The Balaban J connectivity index is 2.14. The van der Waals surface area contributed by atoms with E-state index < -0.39 is 0 Å². The van der Waals surface area contributed by atoms with E-state index in [0.29, 0.717) is 6.61 Å². The van der Waals surface area contributed by atoms with Crippen molar-refractivity contribution >= 4 is 5.97 Å². The number of esters is 1. The summed E-state index contributed by atoms with van der Waals surface area (Å²) >= 11 is 0. The summed E-state index contributed by atoms with van der Waals surface area (Å²) in [6, 6.07) is -0.0604. The third kappa shape index (κ3) is 2.66. The Hall–Kier alpha value is -0.830. The second-order valence-electron chi connectivity index (χ2n) is 2.89. The van der Waals surface area contributed by atoms with Gasteiger partial charge in [-0.1, -0.05) is 6.08 Å². The first-order valence-corrected chi connectivity index (χ1v) is 4.35. The van der Waals surface area contributed by atoms with Crippen LogP contribution in [0.2, 0.25) is 0 Å². The fourth-order valence-corrected chi connectivity index (χ4v) is 1.23. The highest BCUT2D eigenvalue weighted by molar-refractivity contribution is 5.76. The summed E-state index contributed by atoms with van der Waals surface area (Å²) < 4.78 is 4.99.